The van der Waals surface area contributed by atoms with Gasteiger partial charge in [-0.3, -0.25) is 14.0 Å². The zero-order valence-corrected chi connectivity index (χ0v) is 32.7. The molecule has 2 heterocycles. The van der Waals surface area contributed by atoms with Gasteiger partial charge in [0.2, 0.25) is 0 Å². The maximum atomic E-state index is 15.0. The monoisotopic (exact) mass is 766 g/mol. The Morgan fingerprint density at radius 2 is 1.85 bits per heavy atom. The number of carbonyl (C=O) groups excluding carboxylic acids is 1. The summed E-state index contributed by atoms with van der Waals surface area (Å²) in [7, 11) is 0.517. The van der Waals surface area contributed by atoms with E-state index in [0.717, 1.165) is 82.6 Å². The molecule has 0 aliphatic carbocycles. The number of hydrogen-bond donors (Lipinski definition) is 0. The topological polar surface area (TPSA) is 86.5 Å². The van der Waals surface area contributed by atoms with Crippen LogP contribution in [0.2, 0.25) is 10.0 Å². The number of likely N-dealkylation sites (tertiary alicyclic amines) is 1. The molecule has 1 aliphatic rings. The molecule has 1 saturated heterocycles. The van der Waals surface area contributed by atoms with Crippen molar-refractivity contribution in [1.29, 1.82) is 5.26 Å². The van der Waals surface area contributed by atoms with Crippen molar-refractivity contribution in [3.8, 4) is 11.8 Å². The van der Waals surface area contributed by atoms with Crippen LogP contribution >= 0.6 is 23.2 Å². The molecule has 2 unspecified atom stereocenters. The van der Waals surface area contributed by atoms with Crippen molar-refractivity contribution in [2.45, 2.75) is 55.9 Å². The van der Waals surface area contributed by atoms with Crippen LogP contribution < -0.4 is 4.74 Å². The minimum Gasteiger partial charge on any atom is -0.497 e. The number of rotatable bonds is 13. The SMILES string of the molecule is CCc1c(C#N)cc2ccccc2c1C(=O)N(Cc1cccnc1)CC(CCN1CCC(c2ccc(OC)cc2S(C)=O)CC1)c1ccc(Cl)c(Cl)c1. The van der Waals surface area contributed by atoms with Crippen molar-refractivity contribution < 1.29 is 13.7 Å². The lowest BCUT2D eigenvalue weighted by Gasteiger charge is -2.35. The van der Waals surface area contributed by atoms with E-state index >= 15 is 4.79 Å². The van der Waals surface area contributed by atoms with Gasteiger partial charge in [-0.1, -0.05) is 72.6 Å². The summed E-state index contributed by atoms with van der Waals surface area (Å²) in [4.78, 5) is 24.6. The van der Waals surface area contributed by atoms with Crippen molar-refractivity contribution in [3.05, 3.63) is 135 Å². The summed E-state index contributed by atoms with van der Waals surface area (Å²) in [5, 5.41) is 12.8. The Bertz CT molecular complexity index is 2150. The first-order chi connectivity index (χ1) is 25.7. The van der Waals surface area contributed by atoms with Crippen LogP contribution in [0.25, 0.3) is 10.8 Å². The number of fused-ring (bicyclic) bond motifs is 1. The van der Waals surface area contributed by atoms with E-state index in [0.29, 0.717) is 46.6 Å². The summed E-state index contributed by atoms with van der Waals surface area (Å²) in [6.45, 7) is 5.42. The standard InChI is InChI=1S/C43H44Cl2N4O3S/c1-4-36-34(25-46)22-32-9-5-6-10-38(32)42(36)43(50)49(27-29-8-7-18-47-26-29)28-33(31-11-14-39(44)40(45)23-31)17-21-48-19-15-30(16-20-48)37-13-12-35(52-2)24-41(37)53(3)51/h5-14,18,22-24,26,30,33H,4,15-17,19-21,27-28H2,1-3H3. The largest absolute Gasteiger partial charge is 0.497 e. The van der Waals surface area contributed by atoms with Gasteiger partial charge in [-0.05, 0) is 121 Å². The Balaban J connectivity index is 1.29. The summed E-state index contributed by atoms with van der Waals surface area (Å²) in [5.74, 6) is 0.863. The number of methoxy groups -OCH3 is 1. The number of pyridine rings is 1. The summed E-state index contributed by atoms with van der Waals surface area (Å²) in [5.41, 5.74) is 4.93. The number of carbonyl (C=O) groups is 1. The van der Waals surface area contributed by atoms with Crippen LogP contribution in [0.15, 0.2) is 96.2 Å². The highest BCUT2D eigenvalue weighted by atomic mass is 35.5. The van der Waals surface area contributed by atoms with E-state index in [9.17, 15) is 9.47 Å². The maximum Gasteiger partial charge on any atom is 0.255 e. The molecule has 53 heavy (non-hydrogen) atoms. The van der Waals surface area contributed by atoms with Crippen LogP contribution in [-0.2, 0) is 23.8 Å². The van der Waals surface area contributed by atoms with E-state index in [-0.39, 0.29) is 11.8 Å². The molecule has 1 aromatic heterocycles. The van der Waals surface area contributed by atoms with Crippen molar-refractivity contribution in [2.75, 3.05) is 39.5 Å². The zero-order valence-electron chi connectivity index (χ0n) is 30.4. The maximum absolute atomic E-state index is 15.0. The van der Waals surface area contributed by atoms with E-state index < -0.39 is 10.8 Å². The third kappa shape index (κ3) is 8.93. The van der Waals surface area contributed by atoms with Gasteiger partial charge < -0.3 is 14.5 Å². The Morgan fingerprint density at radius 3 is 2.53 bits per heavy atom. The molecule has 0 saturated carbocycles. The average Bonchev–Trinajstić information content (AvgIpc) is 3.19. The Hall–Kier alpha value is -4.26. The minimum atomic E-state index is -1.11. The summed E-state index contributed by atoms with van der Waals surface area (Å²) in [6.07, 6.45) is 8.51. The predicted molar refractivity (Wildman–Crippen MR) is 215 cm³/mol. The van der Waals surface area contributed by atoms with Crippen LogP contribution in [0.4, 0.5) is 0 Å². The normalized spacial score (nSPS) is 14.8. The minimum absolute atomic E-state index is 0.0608. The molecule has 0 radical (unpaired) electrons. The molecular weight excluding hydrogens is 723 g/mol. The van der Waals surface area contributed by atoms with E-state index in [2.05, 4.69) is 22.0 Å². The summed E-state index contributed by atoms with van der Waals surface area (Å²) >= 11 is 13.0. The predicted octanol–water partition coefficient (Wildman–Crippen LogP) is 9.42. The summed E-state index contributed by atoms with van der Waals surface area (Å²) < 4.78 is 18.1. The van der Waals surface area contributed by atoms with Crippen LogP contribution in [0, 0.1) is 11.3 Å². The average molecular weight is 768 g/mol. The van der Waals surface area contributed by atoms with Gasteiger partial charge in [0.1, 0.15) is 5.75 Å². The lowest BCUT2D eigenvalue weighted by Crippen LogP contribution is -2.38. The molecule has 1 fully saturated rings. The lowest BCUT2D eigenvalue weighted by atomic mass is 9.88. The van der Waals surface area contributed by atoms with Crippen molar-refractivity contribution in [2.24, 2.45) is 0 Å². The molecule has 1 aliphatic heterocycles. The van der Waals surface area contributed by atoms with Gasteiger partial charge in [0, 0.05) is 42.6 Å². The molecule has 0 N–H and O–H groups in total. The highest BCUT2D eigenvalue weighted by Crippen LogP contribution is 2.36. The highest BCUT2D eigenvalue weighted by Gasteiger charge is 2.29. The number of piperidine rings is 1. The molecule has 0 spiro atoms. The Morgan fingerprint density at radius 1 is 1.06 bits per heavy atom. The molecule has 6 rings (SSSR count). The first-order valence-electron chi connectivity index (χ1n) is 18.0. The first kappa shape index (κ1) is 38.5. The molecule has 274 valence electrons. The van der Waals surface area contributed by atoms with E-state index in [1.165, 1.54) is 0 Å². The summed E-state index contributed by atoms with van der Waals surface area (Å²) in [6, 6.07) is 27.6. The molecule has 0 bridgehead atoms. The third-order valence-electron chi connectivity index (χ3n) is 10.4. The molecule has 1 amide bonds. The quantitative estimate of drug-likeness (QED) is 0.119. The molecule has 4 aromatic carbocycles. The fraction of sp³-hybridized carbons (Fsp3) is 0.326. The molecule has 7 nitrogen and oxygen atoms in total. The van der Waals surface area contributed by atoms with Crippen LogP contribution in [0.5, 0.6) is 5.75 Å². The van der Waals surface area contributed by atoms with Crippen LogP contribution in [0.3, 0.4) is 0 Å². The van der Waals surface area contributed by atoms with Crippen molar-refractivity contribution >= 4 is 50.7 Å². The molecule has 5 aromatic rings. The van der Waals surface area contributed by atoms with Crippen molar-refractivity contribution in [3.63, 3.8) is 0 Å². The van der Waals surface area contributed by atoms with Crippen LogP contribution in [0.1, 0.15) is 76.2 Å². The second-order valence-electron chi connectivity index (χ2n) is 13.6. The van der Waals surface area contributed by atoms with Crippen molar-refractivity contribution in [1.82, 2.24) is 14.8 Å². The van der Waals surface area contributed by atoms with Gasteiger partial charge in [-0.15, -0.1) is 0 Å². The smallest absolute Gasteiger partial charge is 0.255 e. The number of benzene rings is 4. The molecule has 2 atom stereocenters. The number of hydrogen-bond acceptors (Lipinski definition) is 6. The van der Waals surface area contributed by atoms with E-state index in [4.69, 9.17) is 27.9 Å². The van der Waals surface area contributed by atoms with E-state index in [1.54, 1.807) is 25.8 Å². The van der Waals surface area contributed by atoms with Gasteiger partial charge in [0.15, 0.2) is 0 Å². The van der Waals surface area contributed by atoms with Crippen LogP contribution in [-0.4, -0.2) is 64.4 Å². The van der Waals surface area contributed by atoms with Gasteiger partial charge in [-0.2, -0.15) is 5.26 Å². The Kier molecular flexibility index (Phi) is 12.9. The Labute approximate surface area is 325 Å². The van der Waals surface area contributed by atoms with Gasteiger partial charge in [0.25, 0.3) is 5.91 Å². The van der Waals surface area contributed by atoms with Gasteiger partial charge in [-0.25, -0.2) is 0 Å². The number of nitriles is 1. The van der Waals surface area contributed by atoms with Gasteiger partial charge >= 0.3 is 0 Å². The molecule has 10 heteroatoms. The zero-order chi connectivity index (χ0) is 37.5. The number of aromatic nitrogens is 1. The molecular formula is C43H44Cl2N4O3S. The van der Waals surface area contributed by atoms with E-state index in [1.807, 2.05) is 84.6 Å². The van der Waals surface area contributed by atoms with Gasteiger partial charge in [0.05, 0.1) is 45.2 Å². The number of halogens is 2. The highest BCUT2D eigenvalue weighted by molar-refractivity contribution is 7.84. The fourth-order valence-electron chi connectivity index (χ4n) is 7.62. The third-order valence-corrected chi connectivity index (χ3v) is 12.1. The number of amides is 1. The first-order valence-corrected chi connectivity index (χ1v) is 20.3. The second-order valence-corrected chi connectivity index (χ2v) is 15.8. The number of ether oxygens (including phenoxy) is 1. The lowest BCUT2D eigenvalue weighted by molar-refractivity contribution is 0.0727. The second kappa shape index (κ2) is 17.7. The number of nitrogens with zero attached hydrogens (tertiary/aromatic N) is 4. The fourth-order valence-corrected chi connectivity index (χ4v) is 8.78.